The summed E-state index contributed by atoms with van der Waals surface area (Å²) in [6, 6.07) is 0. The van der Waals surface area contributed by atoms with E-state index < -0.39 is 0 Å². The highest BCUT2D eigenvalue weighted by Gasteiger charge is 2.29. The van der Waals surface area contributed by atoms with Gasteiger partial charge in [0, 0.05) is 19.0 Å². The SMILES string of the molecule is CC(C)(C)OCC1CCCN(C(=O)Cn2nnc(C3CC3)n2)C1. The second-order valence-electron chi connectivity index (χ2n) is 7.72. The van der Waals surface area contributed by atoms with Crippen LogP contribution < -0.4 is 0 Å². The van der Waals surface area contributed by atoms with E-state index in [-0.39, 0.29) is 18.1 Å². The predicted octanol–water partition coefficient (Wildman–Crippen LogP) is 1.60. The van der Waals surface area contributed by atoms with Crippen LogP contribution in [0.3, 0.4) is 0 Å². The van der Waals surface area contributed by atoms with E-state index in [0.29, 0.717) is 18.4 Å². The van der Waals surface area contributed by atoms with Crippen LogP contribution in [0.5, 0.6) is 0 Å². The predicted molar refractivity (Wildman–Crippen MR) is 84.8 cm³/mol. The molecule has 0 N–H and O–H groups in total. The molecular formula is C16H27N5O2. The maximum absolute atomic E-state index is 12.5. The Morgan fingerprint density at radius 3 is 2.78 bits per heavy atom. The van der Waals surface area contributed by atoms with Crippen LogP contribution in [-0.4, -0.2) is 56.3 Å². The zero-order chi connectivity index (χ0) is 16.4. The number of hydrogen-bond donors (Lipinski definition) is 0. The molecule has 1 aliphatic heterocycles. The van der Waals surface area contributed by atoms with Crippen molar-refractivity contribution in [1.29, 1.82) is 0 Å². The van der Waals surface area contributed by atoms with Gasteiger partial charge in [-0.2, -0.15) is 4.80 Å². The van der Waals surface area contributed by atoms with Crippen molar-refractivity contribution in [3.05, 3.63) is 5.82 Å². The Morgan fingerprint density at radius 1 is 1.30 bits per heavy atom. The van der Waals surface area contributed by atoms with Gasteiger partial charge in [0.1, 0.15) is 6.54 Å². The fourth-order valence-corrected chi connectivity index (χ4v) is 2.84. The number of rotatable bonds is 5. The molecule has 2 fully saturated rings. The lowest BCUT2D eigenvalue weighted by Gasteiger charge is -2.34. The zero-order valence-electron chi connectivity index (χ0n) is 14.4. The van der Waals surface area contributed by atoms with E-state index in [0.717, 1.165) is 44.6 Å². The van der Waals surface area contributed by atoms with Gasteiger partial charge in [0.15, 0.2) is 5.82 Å². The first-order valence-electron chi connectivity index (χ1n) is 8.60. The number of hydrogen-bond acceptors (Lipinski definition) is 5. The first-order chi connectivity index (χ1) is 10.9. The summed E-state index contributed by atoms with van der Waals surface area (Å²) in [5.74, 6) is 1.74. The smallest absolute Gasteiger partial charge is 0.246 e. The Morgan fingerprint density at radius 2 is 2.09 bits per heavy atom. The maximum atomic E-state index is 12.5. The third-order valence-corrected chi connectivity index (χ3v) is 4.31. The molecule has 0 radical (unpaired) electrons. The van der Waals surface area contributed by atoms with Crippen molar-refractivity contribution in [2.75, 3.05) is 19.7 Å². The molecule has 7 nitrogen and oxygen atoms in total. The fraction of sp³-hybridized carbons (Fsp3) is 0.875. The number of ether oxygens (including phenoxy) is 1. The number of tetrazole rings is 1. The molecule has 1 amide bonds. The minimum Gasteiger partial charge on any atom is -0.376 e. The van der Waals surface area contributed by atoms with Crippen LogP contribution in [0.25, 0.3) is 0 Å². The summed E-state index contributed by atoms with van der Waals surface area (Å²) in [5, 5.41) is 12.4. The lowest BCUT2D eigenvalue weighted by Crippen LogP contribution is -2.43. The summed E-state index contributed by atoms with van der Waals surface area (Å²) < 4.78 is 5.87. The largest absolute Gasteiger partial charge is 0.376 e. The van der Waals surface area contributed by atoms with Gasteiger partial charge in [0.2, 0.25) is 5.91 Å². The monoisotopic (exact) mass is 321 g/mol. The molecule has 7 heteroatoms. The number of piperidine rings is 1. The normalized spacial score (nSPS) is 22.4. The average Bonchev–Trinajstić information content (AvgIpc) is 3.25. The first kappa shape index (κ1) is 16.4. The third-order valence-electron chi connectivity index (χ3n) is 4.31. The number of likely N-dealkylation sites (tertiary alicyclic amines) is 1. The van der Waals surface area contributed by atoms with Crippen molar-refractivity contribution >= 4 is 5.91 Å². The van der Waals surface area contributed by atoms with Gasteiger partial charge in [-0.3, -0.25) is 4.79 Å². The first-order valence-corrected chi connectivity index (χ1v) is 8.60. The van der Waals surface area contributed by atoms with Crippen molar-refractivity contribution < 1.29 is 9.53 Å². The maximum Gasteiger partial charge on any atom is 0.246 e. The molecule has 1 saturated carbocycles. The Labute approximate surface area is 137 Å². The molecule has 0 bridgehead atoms. The van der Waals surface area contributed by atoms with Crippen molar-refractivity contribution in [2.24, 2.45) is 5.92 Å². The van der Waals surface area contributed by atoms with E-state index >= 15 is 0 Å². The van der Waals surface area contributed by atoms with Crippen molar-refractivity contribution in [3.63, 3.8) is 0 Å². The van der Waals surface area contributed by atoms with E-state index in [2.05, 4.69) is 36.2 Å². The molecule has 23 heavy (non-hydrogen) atoms. The summed E-state index contributed by atoms with van der Waals surface area (Å²) >= 11 is 0. The van der Waals surface area contributed by atoms with E-state index in [1.807, 2.05) is 4.90 Å². The minimum atomic E-state index is -0.129. The summed E-state index contributed by atoms with van der Waals surface area (Å²) in [7, 11) is 0. The van der Waals surface area contributed by atoms with Gasteiger partial charge in [-0.05, 0) is 57.6 Å². The van der Waals surface area contributed by atoms with Crippen LogP contribution in [-0.2, 0) is 16.1 Å². The molecule has 1 aliphatic carbocycles. The summed E-state index contributed by atoms with van der Waals surface area (Å²) in [5.41, 5.74) is -0.129. The van der Waals surface area contributed by atoms with E-state index in [9.17, 15) is 4.79 Å². The second kappa shape index (κ2) is 6.55. The molecular weight excluding hydrogens is 294 g/mol. The molecule has 2 heterocycles. The van der Waals surface area contributed by atoms with Crippen LogP contribution >= 0.6 is 0 Å². The summed E-state index contributed by atoms with van der Waals surface area (Å²) in [6.07, 6.45) is 4.43. The average molecular weight is 321 g/mol. The molecule has 128 valence electrons. The van der Waals surface area contributed by atoms with Crippen LogP contribution in [0.1, 0.15) is 58.2 Å². The lowest BCUT2D eigenvalue weighted by molar-refractivity contribution is -0.135. The van der Waals surface area contributed by atoms with Gasteiger partial charge in [-0.15, -0.1) is 10.2 Å². The standard InChI is InChI=1S/C16H27N5O2/c1-16(2,3)23-11-12-5-4-8-20(9-12)14(22)10-21-18-15(17-19-21)13-6-7-13/h12-13H,4-11H2,1-3H3. The number of carbonyl (C=O) groups excluding carboxylic acids is 1. The lowest BCUT2D eigenvalue weighted by atomic mass is 9.98. The van der Waals surface area contributed by atoms with Crippen LogP contribution in [0, 0.1) is 5.92 Å². The fourth-order valence-electron chi connectivity index (χ4n) is 2.84. The van der Waals surface area contributed by atoms with Crippen molar-refractivity contribution in [1.82, 2.24) is 25.1 Å². The van der Waals surface area contributed by atoms with Gasteiger partial charge in [0.25, 0.3) is 0 Å². The number of aromatic nitrogens is 4. The van der Waals surface area contributed by atoms with E-state index in [1.165, 1.54) is 4.80 Å². The molecule has 0 aromatic carbocycles. The van der Waals surface area contributed by atoms with Crippen molar-refractivity contribution in [3.8, 4) is 0 Å². The summed E-state index contributed by atoms with van der Waals surface area (Å²) in [6.45, 7) is 8.66. The Bertz CT molecular complexity index is 547. The van der Waals surface area contributed by atoms with Crippen LogP contribution in [0.4, 0.5) is 0 Å². The van der Waals surface area contributed by atoms with Gasteiger partial charge >= 0.3 is 0 Å². The number of amides is 1. The molecule has 2 aliphatic rings. The topological polar surface area (TPSA) is 73.1 Å². The minimum absolute atomic E-state index is 0.0743. The highest BCUT2D eigenvalue weighted by Crippen LogP contribution is 2.37. The molecule has 1 atom stereocenters. The van der Waals surface area contributed by atoms with Crippen LogP contribution in [0.15, 0.2) is 0 Å². The molecule has 1 unspecified atom stereocenters. The zero-order valence-corrected chi connectivity index (χ0v) is 14.4. The van der Waals surface area contributed by atoms with Gasteiger partial charge in [0.05, 0.1) is 12.2 Å². The van der Waals surface area contributed by atoms with Crippen LogP contribution in [0.2, 0.25) is 0 Å². The van der Waals surface area contributed by atoms with Gasteiger partial charge < -0.3 is 9.64 Å². The van der Waals surface area contributed by atoms with Crippen molar-refractivity contribution in [2.45, 2.75) is 64.5 Å². The Kier molecular flexibility index (Phi) is 4.66. The van der Waals surface area contributed by atoms with E-state index in [1.54, 1.807) is 0 Å². The molecule has 0 spiro atoms. The molecule has 3 rings (SSSR count). The third kappa shape index (κ3) is 4.73. The number of carbonyl (C=O) groups is 1. The Hall–Kier alpha value is -1.50. The van der Waals surface area contributed by atoms with Gasteiger partial charge in [-0.1, -0.05) is 0 Å². The molecule has 1 saturated heterocycles. The highest BCUT2D eigenvalue weighted by atomic mass is 16.5. The highest BCUT2D eigenvalue weighted by molar-refractivity contribution is 5.75. The molecule has 1 aromatic heterocycles. The summed E-state index contributed by atoms with van der Waals surface area (Å²) in [4.78, 5) is 15.8. The molecule has 1 aromatic rings. The van der Waals surface area contributed by atoms with Gasteiger partial charge in [-0.25, -0.2) is 0 Å². The number of nitrogens with zero attached hydrogens (tertiary/aromatic N) is 5. The Balaban J connectivity index is 1.49. The van der Waals surface area contributed by atoms with E-state index in [4.69, 9.17) is 4.74 Å². The second-order valence-corrected chi connectivity index (χ2v) is 7.72. The quantitative estimate of drug-likeness (QED) is 0.823.